The Hall–Kier alpha value is -0.910. The molecule has 1 rings (SSSR count). The quantitative estimate of drug-likeness (QED) is 0.440. The molecule has 0 fully saturated rings. The van der Waals surface area contributed by atoms with Crippen molar-refractivity contribution in [1.29, 1.82) is 0 Å². The number of hydrogen-bond acceptors (Lipinski definition) is 3. The molecule has 19 heavy (non-hydrogen) atoms. The predicted octanol–water partition coefficient (Wildman–Crippen LogP) is 2.19. The lowest BCUT2D eigenvalue weighted by Gasteiger charge is -2.21. The number of hydroxylamine groups is 2. The van der Waals surface area contributed by atoms with Gasteiger partial charge in [-0.3, -0.25) is 14.6 Å². The largest absolute Gasteiger partial charge is 0.333 e. The van der Waals surface area contributed by atoms with Crippen LogP contribution >= 0.6 is 19.2 Å². The first-order valence-corrected chi connectivity index (χ1v) is 7.55. The summed E-state index contributed by atoms with van der Waals surface area (Å²) in [6, 6.07) is 6.09. The SMILES string of the molecule is CC(=O)N(O)CC[C@H](c1ccc(Cl)cc1)P(=O)(O)O. The fourth-order valence-corrected chi connectivity index (χ4v) is 2.75. The van der Waals surface area contributed by atoms with Crippen LogP contribution in [-0.4, -0.2) is 32.5 Å². The van der Waals surface area contributed by atoms with Crippen LogP contribution in [0.3, 0.4) is 0 Å². The van der Waals surface area contributed by atoms with Crippen molar-refractivity contribution in [3.05, 3.63) is 34.9 Å². The third-order valence-corrected chi connectivity index (χ3v) is 4.26. The second-order valence-corrected chi connectivity index (χ2v) is 6.33. The maximum absolute atomic E-state index is 11.5. The van der Waals surface area contributed by atoms with E-state index in [4.69, 9.17) is 11.6 Å². The molecule has 0 spiro atoms. The molecule has 0 saturated heterocycles. The molecule has 8 heteroatoms. The van der Waals surface area contributed by atoms with Gasteiger partial charge in [0.25, 0.3) is 0 Å². The normalized spacial score (nSPS) is 13.1. The molecule has 1 aromatic rings. The summed E-state index contributed by atoms with van der Waals surface area (Å²) in [6.45, 7) is 1.00. The Morgan fingerprint density at radius 1 is 1.37 bits per heavy atom. The first-order chi connectivity index (χ1) is 8.71. The molecule has 0 aliphatic rings. The number of hydrogen-bond donors (Lipinski definition) is 3. The van der Waals surface area contributed by atoms with Crippen molar-refractivity contribution in [2.24, 2.45) is 0 Å². The van der Waals surface area contributed by atoms with Gasteiger partial charge >= 0.3 is 7.60 Å². The molecule has 106 valence electrons. The lowest BCUT2D eigenvalue weighted by molar-refractivity contribution is -0.162. The van der Waals surface area contributed by atoms with E-state index in [0.717, 1.165) is 6.92 Å². The number of halogens is 1. The van der Waals surface area contributed by atoms with E-state index in [1.807, 2.05) is 0 Å². The highest BCUT2D eigenvalue weighted by Crippen LogP contribution is 2.53. The zero-order valence-corrected chi connectivity index (χ0v) is 11.9. The molecular formula is C11H15ClNO5P. The van der Waals surface area contributed by atoms with Crippen LogP contribution < -0.4 is 0 Å². The Balaban J connectivity index is 2.88. The molecule has 0 aliphatic heterocycles. The highest BCUT2D eigenvalue weighted by Gasteiger charge is 2.30. The highest BCUT2D eigenvalue weighted by molar-refractivity contribution is 7.52. The third kappa shape index (κ3) is 4.93. The Labute approximate surface area is 115 Å². The van der Waals surface area contributed by atoms with Gasteiger partial charge < -0.3 is 9.79 Å². The van der Waals surface area contributed by atoms with Gasteiger partial charge in [0.1, 0.15) is 0 Å². The molecule has 0 aliphatic carbocycles. The number of rotatable bonds is 5. The molecule has 0 bridgehead atoms. The maximum Gasteiger partial charge on any atom is 0.333 e. The van der Waals surface area contributed by atoms with E-state index in [9.17, 15) is 24.4 Å². The number of nitrogens with zero attached hydrogens (tertiary/aromatic N) is 1. The van der Waals surface area contributed by atoms with Crippen molar-refractivity contribution in [3.63, 3.8) is 0 Å². The summed E-state index contributed by atoms with van der Waals surface area (Å²) in [5, 5.41) is 10.1. The lowest BCUT2D eigenvalue weighted by atomic mass is 10.1. The molecule has 0 radical (unpaired) electrons. The highest BCUT2D eigenvalue weighted by atomic mass is 35.5. The average Bonchev–Trinajstić information content (AvgIpc) is 2.29. The molecule has 0 saturated carbocycles. The van der Waals surface area contributed by atoms with Crippen LogP contribution in [0, 0.1) is 0 Å². The number of benzene rings is 1. The van der Waals surface area contributed by atoms with Gasteiger partial charge in [-0.05, 0) is 24.1 Å². The van der Waals surface area contributed by atoms with Crippen molar-refractivity contribution in [2.75, 3.05) is 6.54 Å². The van der Waals surface area contributed by atoms with Crippen LogP contribution in [-0.2, 0) is 9.36 Å². The summed E-state index contributed by atoms with van der Waals surface area (Å²) >= 11 is 5.71. The third-order valence-electron chi connectivity index (χ3n) is 2.64. The van der Waals surface area contributed by atoms with Gasteiger partial charge in [-0.2, -0.15) is 0 Å². The number of amides is 1. The summed E-state index contributed by atoms with van der Waals surface area (Å²) in [5.74, 6) is -0.583. The molecule has 1 amide bonds. The van der Waals surface area contributed by atoms with E-state index in [1.54, 1.807) is 0 Å². The Morgan fingerprint density at radius 3 is 2.32 bits per heavy atom. The van der Waals surface area contributed by atoms with E-state index in [-0.39, 0.29) is 13.0 Å². The number of carbonyl (C=O) groups is 1. The Bertz CT molecular complexity index is 486. The smallest absolute Gasteiger partial charge is 0.324 e. The number of carbonyl (C=O) groups excluding carboxylic acids is 1. The van der Waals surface area contributed by atoms with Crippen molar-refractivity contribution in [1.82, 2.24) is 5.06 Å². The topological polar surface area (TPSA) is 98.1 Å². The van der Waals surface area contributed by atoms with Gasteiger partial charge in [-0.25, -0.2) is 5.06 Å². The minimum atomic E-state index is -4.39. The second-order valence-electron chi connectivity index (χ2n) is 4.09. The van der Waals surface area contributed by atoms with Crippen molar-refractivity contribution in [2.45, 2.75) is 19.0 Å². The summed E-state index contributed by atoms with van der Waals surface area (Å²) in [7, 11) is -4.39. The van der Waals surface area contributed by atoms with Crippen molar-refractivity contribution >= 4 is 25.1 Å². The first-order valence-electron chi connectivity index (χ1n) is 5.49. The van der Waals surface area contributed by atoms with E-state index in [1.165, 1.54) is 24.3 Å². The second kappa shape index (κ2) is 6.50. The predicted molar refractivity (Wildman–Crippen MR) is 70.0 cm³/mol. The van der Waals surface area contributed by atoms with Gasteiger partial charge in [0.2, 0.25) is 5.91 Å². The zero-order chi connectivity index (χ0) is 14.6. The monoisotopic (exact) mass is 307 g/mol. The van der Waals surface area contributed by atoms with Gasteiger partial charge in [0.15, 0.2) is 0 Å². The minimum Gasteiger partial charge on any atom is -0.324 e. The van der Waals surface area contributed by atoms with E-state index >= 15 is 0 Å². The van der Waals surface area contributed by atoms with E-state index in [0.29, 0.717) is 15.6 Å². The van der Waals surface area contributed by atoms with Crippen LogP contribution in [0.15, 0.2) is 24.3 Å². The zero-order valence-electron chi connectivity index (χ0n) is 10.2. The van der Waals surface area contributed by atoms with Gasteiger partial charge in [-0.1, -0.05) is 23.7 Å². The minimum absolute atomic E-state index is 0.0536. The summed E-state index contributed by atoms with van der Waals surface area (Å²) in [4.78, 5) is 29.5. The first kappa shape index (κ1) is 16.1. The van der Waals surface area contributed by atoms with E-state index in [2.05, 4.69) is 0 Å². The summed E-state index contributed by atoms with van der Waals surface area (Å²) < 4.78 is 11.5. The van der Waals surface area contributed by atoms with Crippen LogP contribution in [0.25, 0.3) is 0 Å². The molecule has 1 atom stereocenters. The summed E-state index contributed by atoms with van der Waals surface area (Å²) in [5.41, 5.74) is -0.673. The average molecular weight is 308 g/mol. The Morgan fingerprint density at radius 2 is 1.89 bits per heavy atom. The standard InChI is InChI=1S/C11H15ClNO5P/c1-8(14)13(15)7-6-11(19(16,17)18)9-2-4-10(12)5-3-9/h2-5,11,15H,6-7H2,1H3,(H2,16,17,18)/t11-/m1/s1. The molecule has 3 N–H and O–H groups in total. The van der Waals surface area contributed by atoms with Gasteiger partial charge in [-0.15, -0.1) is 0 Å². The molecule has 0 heterocycles. The van der Waals surface area contributed by atoms with Crippen LogP contribution in [0.2, 0.25) is 5.02 Å². The van der Waals surface area contributed by atoms with Crippen LogP contribution in [0.5, 0.6) is 0 Å². The van der Waals surface area contributed by atoms with E-state index < -0.39 is 19.2 Å². The Kier molecular flexibility index (Phi) is 5.52. The molecule has 0 unspecified atom stereocenters. The lowest BCUT2D eigenvalue weighted by Crippen LogP contribution is -2.26. The summed E-state index contributed by atoms with van der Waals surface area (Å²) in [6.07, 6.45) is -0.0536. The molecule has 1 aromatic carbocycles. The van der Waals surface area contributed by atoms with Gasteiger partial charge in [0, 0.05) is 18.5 Å². The molecule has 6 nitrogen and oxygen atoms in total. The van der Waals surface area contributed by atoms with Crippen molar-refractivity contribution in [3.8, 4) is 0 Å². The fourth-order valence-electron chi connectivity index (χ4n) is 1.62. The molecule has 0 aromatic heterocycles. The van der Waals surface area contributed by atoms with Gasteiger partial charge in [0.05, 0.1) is 5.66 Å². The van der Waals surface area contributed by atoms with Crippen LogP contribution in [0.1, 0.15) is 24.6 Å². The van der Waals surface area contributed by atoms with Crippen LogP contribution in [0.4, 0.5) is 0 Å². The maximum atomic E-state index is 11.5. The molecular weight excluding hydrogens is 293 g/mol. The fraction of sp³-hybridized carbons (Fsp3) is 0.364. The van der Waals surface area contributed by atoms with Crippen molar-refractivity contribution < 1.29 is 24.4 Å².